The maximum Gasteiger partial charge on any atom is 0.187 e. The van der Waals surface area contributed by atoms with E-state index in [-0.39, 0.29) is 33.0 Å². The molecule has 3 saturated heterocycles. The summed E-state index contributed by atoms with van der Waals surface area (Å²) in [6.07, 6.45) is -9.33. The normalized spacial score (nSPS) is 29.4. The van der Waals surface area contributed by atoms with Crippen LogP contribution in [0.1, 0.15) is 34.1 Å². The van der Waals surface area contributed by atoms with Crippen molar-refractivity contribution in [1.82, 2.24) is 0 Å². The summed E-state index contributed by atoms with van der Waals surface area (Å²) >= 11 is 0. The van der Waals surface area contributed by atoms with Gasteiger partial charge in [-0.3, -0.25) is 0 Å². The second kappa shape index (κ2) is 20.8. The first-order chi connectivity index (χ1) is 29.1. The van der Waals surface area contributed by atoms with E-state index >= 15 is 0 Å². The Morgan fingerprint density at radius 1 is 0.525 bits per heavy atom. The molecule has 0 amide bonds. The fourth-order valence-corrected chi connectivity index (χ4v) is 7.70. The molecule has 310 valence electrons. The summed E-state index contributed by atoms with van der Waals surface area (Å²) in [6, 6.07) is 49.2. The van der Waals surface area contributed by atoms with Gasteiger partial charge in [-0.15, -0.1) is 0 Å². The van der Waals surface area contributed by atoms with Crippen LogP contribution in [0, 0.1) is 0 Å². The van der Waals surface area contributed by atoms with Crippen molar-refractivity contribution in [3.05, 3.63) is 179 Å². The van der Waals surface area contributed by atoms with Gasteiger partial charge in [-0.2, -0.15) is 0 Å². The van der Waals surface area contributed by atoms with Crippen LogP contribution in [-0.2, 0) is 73.8 Å². The lowest BCUT2D eigenvalue weighted by Gasteiger charge is -2.50. The first-order valence-electron chi connectivity index (χ1n) is 20.2. The number of hydrogen-bond acceptors (Lipinski definition) is 11. The number of benzene rings is 5. The summed E-state index contributed by atoms with van der Waals surface area (Å²) in [5, 5.41) is 12.3. The molecule has 11 nitrogen and oxygen atoms in total. The summed E-state index contributed by atoms with van der Waals surface area (Å²) in [7, 11) is 1.58. The van der Waals surface area contributed by atoms with Gasteiger partial charge >= 0.3 is 0 Å². The maximum absolute atomic E-state index is 12.3. The van der Waals surface area contributed by atoms with Crippen LogP contribution in [0.25, 0.3) is 0 Å². The summed E-state index contributed by atoms with van der Waals surface area (Å²) in [5.74, 6) is 0. The molecule has 0 unspecified atom stereocenters. The van der Waals surface area contributed by atoms with Gasteiger partial charge in [-0.05, 0) is 22.3 Å². The smallest absolute Gasteiger partial charge is 0.187 e. The predicted octanol–water partition coefficient (Wildman–Crippen LogP) is 6.92. The third-order valence-corrected chi connectivity index (χ3v) is 10.7. The van der Waals surface area contributed by atoms with Crippen molar-refractivity contribution in [2.45, 2.75) is 94.1 Å². The second-order valence-corrected chi connectivity index (χ2v) is 14.9. The maximum atomic E-state index is 12.3. The van der Waals surface area contributed by atoms with Gasteiger partial charge in [0.1, 0.15) is 48.8 Å². The molecule has 3 aliphatic heterocycles. The largest absolute Gasteiger partial charge is 0.385 e. The molecule has 0 spiro atoms. The zero-order valence-electron chi connectivity index (χ0n) is 33.1. The van der Waals surface area contributed by atoms with E-state index in [1.54, 1.807) is 7.11 Å². The molecule has 3 heterocycles. The van der Waals surface area contributed by atoms with E-state index in [0.29, 0.717) is 6.61 Å². The highest BCUT2D eigenvalue weighted by Gasteiger charge is 2.55. The molecule has 3 fully saturated rings. The Kier molecular flexibility index (Phi) is 14.6. The van der Waals surface area contributed by atoms with Gasteiger partial charge in [0.05, 0.1) is 39.6 Å². The predicted molar refractivity (Wildman–Crippen MR) is 216 cm³/mol. The van der Waals surface area contributed by atoms with E-state index in [2.05, 4.69) is 0 Å². The van der Waals surface area contributed by atoms with Gasteiger partial charge < -0.3 is 52.5 Å². The fourth-order valence-electron chi connectivity index (χ4n) is 7.70. The van der Waals surface area contributed by atoms with Crippen molar-refractivity contribution in [1.29, 1.82) is 0 Å². The Labute approximate surface area is 345 Å². The highest BCUT2D eigenvalue weighted by Crippen LogP contribution is 2.38. The van der Waals surface area contributed by atoms with E-state index < -0.39 is 67.7 Å². The fraction of sp³-hybridized carbons (Fsp3) is 0.375. The molecular weight excluding hydrogens is 753 g/mol. The van der Waals surface area contributed by atoms with E-state index in [9.17, 15) is 5.11 Å². The highest BCUT2D eigenvalue weighted by molar-refractivity contribution is 5.18. The van der Waals surface area contributed by atoms with Gasteiger partial charge in [-0.25, -0.2) is 0 Å². The van der Waals surface area contributed by atoms with Crippen molar-refractivity contribution in [2.24, 2.45) is 0 Å². The average molecular weight is 805 g/mol. The minimum absolute atomic E-state index is 0.115. The molecule has 0 aromatic heterocycles. The first-order valence-corrected chi connectivity index (χ1v) is 20.2. The number of methoxy groups -OCH3 is 1. The molecule has 11 atom stereocenters. The van der Waals surface area contributed by atoms with Crippen molar-refractivity contribution in [3.8, 4) is 0 Å². The van der Waals surface area contributed by atoms with Crippen molar-refractivity contribution in [3.63, 3.8) is 0 Å². The van der Waals surface area contributed by atoms with Crippen LogP contribution < -0.4 is 0 Å². The second-order valence-electron chi connectivity index (χ2n) is 14.9. The van der Waals surface area contributed by atoms with Crippen molar-refractivity contribution < 1.29 is 52.5 Å². The summed E-state index contributed by atoms with van der Waals surface area (Å²) < 4.78 is 65.2. The van der Waals surface area contributed by atoms with E-state index in [1.165, 1.54) is 0 Å². The lowest BCUT2D eigenvalue weighted by Crippen LogP contribution is -2.66. The quantitative estimate of drug-likeness (QED) is 0.106. The third-order valence-electron chi connectivity index (χ3n) is 10.7. The Morgan fingerprint density at radius 3 is 1.56 bits per heavy atom. The number of rotatable bonds is 17. The van der Waals surface area contributed by atoms with Gasteiger partial charge in [0, 0.05) is 12.7 Å². The van der Waals surface area contributed by atoms with E-state index in [0.717, 1.165) is 27.8 Å². The van der Waals surface area contributed by atoms with Crippen molar-refractivity contribution in [2.75, 3.05) is 20.3 Å². The topological polar surface area (TPSA) is 113 Å². The van der Waals surface area contributed by atoms with Crippen LogP contribution in [0.4, 0.5) is 0 Å². The lowest BCUT2D eigenvalue weighted by molar-refractivity contribution is -0.392. The number of ether oxygens (including phenoxy) is 10. The van der Waals surface area contributed by atoms with Crippen LogP contribution in [0.2, 0.25) is 0 Å². The molecular formula is C48H52O11. The molecule has 59 heavy (non-hydrogen) atoms. The molecule has 5 aromatic rings. The van der Waals surface area contributed by atoms with Gasteiger partial charge in [-0.1, -0.05) is 152 Å². The third kappa shape index (κ3) is 10.7. The number of aliphatic hydroxyl groups excluding tert-OH is 1. The molecule has 5 aromatic carbocycles. The van der Waals surface area contributed by atoms with Gasteiger partial charge in [0.15, 0.2) is 18.9 Å². The molecule has 3 aliphatic rings. The zero-order valence-corrected chi connectivity index (χ0v) is 33.1. The lowest BCUT2D eigenvalue weighted by atomic mass is 9.95. The van der Waals surface area contributed by atoms with Crippen LogP contribution in [-0.4, -0.2) is 86.8 Å². The summed E-state index contributed by atoms with van der Waals surface area (Å²) in [5.41, 5.74) is 4.73. The first kappa shape index (κ1) is 41.4. The standard InChI is InChI=1S/C48H52O11/c1-50-48-45(54-30-36-23-13-5-14-24-36)44(53-29-35-21-11-4-12-22-35)42(38(57-48)31-51-27-33-17-7-2-8-18-33)59-47-40(49)43(52-28-34-19-9-3-10-20-34)41-39(56-47)32-55-46(58-41)37-25-15-6-16-26-37/h2-26,38-49H,27-32H2,1H3/t38-,39-,40+,41-,42-,43-,44+,45-,46-,47+,48+/m1/s1. The van der Waals surface area contributed by atoms with Crippen LogP contribution in [0.3, 0.4) is 0 Å². The van der Waals surface area contributed by atoms with Gasteiger partial charge in [0.2, 0.25) is 0 Å². The average Bonchev–Trinajstić information content (AvgIpc) is 3.29. The molecule has 11 heteroatoms. The highest BCUT2D eigenvalue weighted by atomic mass is 16.8. The molecule has 0 saturated carbocycles. The van der Waals surface area contributed by atoms with Crippen LogP contribution in [0.15, 0.2) is 152 Å². The number of hydrogen-bond donors (Lipinski definition) is 1. The van der Waals surface area contributed by atoms with Crippen molar-refractivity contribution >= 4 is 0 Å². The number of aliphatic hydroxyl groups is 1. The monoisotopic (exact) mass is 804 g/mol. The minimum Gasteiger partial charge on any atom is -0.385 e. The molecule has 0 bridgehead atoms. The summed E-state index contributed by atoms with van der Waals surface area (Å²) in [4.78, 5) is 0. The Hall–Kier alpha value is -4.34. The Morgan fingerprint density at radius 2 is 1.02 bits per heavy atom. The molecule has 8 rings (SSSR count). The number of fused-ring (bicyclic) bond motifs is 1. The summed E-state index contributed by atoms with van der Waals surface area (Å²) in [6.45, 7) is 1.37. The van der Waals surface area contributed by atoms with E-state index in [1.807, 2.05) is 152 Å². The molecule has 1 N–H and O–H groups in total. The Balaban J connectivity index is 1.09. The van der Waals surface area contributed by atoms with E-state index in [4.69, 9.17) is 47.4 Å². The Bertz CT molecular complexity index is 1940. The van der Waals surface area contributed by atoms with Crippen LogP contribution in [0.5, 0.6) is 0 Å². The minimum atomic E-state index is -1.29. The SMILES string of the molecule is CO[C@H]1O[C@H](COCc2ccccc2)[C@@H](O[C@@H]2O[C@@H]3CO[C@@H](c4ccccc4)O[C@H]3[C@H](OCc3ccccc3)[C@@H]2O)[C@H](OCc2ccccc2)[C@H]1OCc1ccccc1. The van der Waals surface area contributed by atoms with Gasteiger partial charge in [0.25, 0.3) is 0 Å². The molecule has 0 radical (unpaired) electrons. The zero-order chi connectivity index (χ0) is 40.2. The van der Waals surface area contributed by atoms with Crippen LogP contribution >= 0.6 is 0 Å². The molecule has 0 aliphatic carbocycles.